The van der Waals surface area contributed by atoms with Gasteiger partial charge in [0.05, 0.1) is 37.8 Å². The molecule has 7 nitrogen and oxygen atoms in total. The van der Waals surface area contributed by atoms with Crippen LogP contribution in [-0.4, -0.2) is 38.0 Å². The van der Waals surface area contributed by atoms with Crippen LogP contribution < -0.4 is 25.0 Å². The summed E-state index contributed by atoms with van der Waals surface area (Å²) in [6.07, 6.45) is 0. The maximum atomic E-state index is 12.4. The van der Waals surface area contributed by atoms with Crippen LogP contribution in [0.4, 0.5) is 5.69 Å². The van der Waals surface area contributed by atoms with E-state index >= 15 is 0 Å². The van der Waals surface area contributed by atoms with Gasteiger partial charge >= 0.3 is 0 Å². The second-order valence-electron chi connectivity index (χ2n) is 6.30. The molecule has 0 unspecified atom stereocenters. The number of ether oxygens (including phenoxy) is 3. The van der Waals surface area contributed by atoms with E-state index in [1.807, 2.05) is 0 Å². The van der Waals surface area contributed by atoms with Crippen LogP contribution in [0.5, 0.6) is 17.2 Å². The molecule has 0 fully saturated rings. The number of carbonyl (C=O) groups is 1. The Kier molecular flexibility index (Phi) is 7.12. The van der Waals surface area contributed by atoms with E-state index < -0.39 is 0 Å². The fourth-order valence-electron chi connectivity index (χ4n) is 2.88. The quantitative estimate of drug-likeness (QED) is 0.539. The first-order valence-electron chi connectivity index (χ1n) is 8.94. The number of benzene rings is 2. The molecule has 158 valence electrons. The number of methoxy groups -OCH3 is 3. The van der Waals surface area contributed by atoms with Gasteiger partial charge in [0.1, 0.15) is 17.2 Å². The average molecular weight is 449 g/mol. The van der Waals surface area contributed by atoms with Gasteiger partial charge in [-0.05, 0) is 24.3 Å². The molecule has 0 aliphatic rings. The molecular weight excluding hydrogens is 428 g/mol. The van der Waals surface area contributed by atoms with Crippen LogP contribution in [-0.2, 0) is 10.5 Å². The first-order chi connectivity index (χ1) is 14.4. The second-order valence-corrected chi connectivity index (χ2v) is 7.69. The van der Waals surface area contributed by atoms with Crippen molar-refractivity contribution in [2.75, 3.05) is 32.4 Å². The summed E-state index contributed by atoms with van der Waals surface area (Å²) in [5, 5.41) is 3.71. The molecule has 3 rings (SSSR count). The van der Waals surface area contributed by atoms with E-state index in [0.717, 1.165) is 11.2 Å². The Morgan fingerprint density at radius 1 is 1.07 bits per heavy atom. The number of hydrogen-bond donors (Lipinski definition) is 2. The molecule has 0 radical (unpaired) electrons. The first kappa shape index (κ1) is 21.9. The monoisotopic (exact) mass is 448 g/mol. The van der Waals surface area contributed by atoms with Gasteiger partial charge in [-0.3, -0.25) is 9.59 Å². The van der Waals surface area contributed by atoms with E-state index in [4.69, 9.17) is 25.8 Å². The number of pyridine rings is 1. The van der Waals surface area contributed by atoms with E-state index in [1.54, 1.807) is 43.5 Å². The predicted molar refractivity (Wildman–Crippen MR) is 120 cm³/mol. The number of carbonyl (C=O) groups excluding carboxylic acids is 1. The zero-order chi connectivity index (χ0) is 21.7. The van der Waals surface area contributed by atoms with Crippen molar-refractivity contribution in [1.82, 2.24) is 4.98 Å². The van der Waals surface area contributed by atoms with Crippen LogP contribution in [0, 0.1) is 0 Å². The minimum atomic E-state index is -0.215. The van der Waals surface area contributed by atoms with Gasteiger partial charge in [0.2, 0.25) is 5.91 Å². The molecule has 2 aromatic carbocycles. The summed E-state index contributed by atoms with van der Waals surface area (Å²) >= 11 is 7.51. The van der Waals surface area contributed by atoms with Crippen LogP contribution in [0.25, 0.3) is 10.9 Å². The van der Waals surface area contributed by atoms with Crippen LogP contribution in [0.1, 0.15) is 5.69 Å². The van der Waals surface area contributed by atoms with Gasteiger partial charge in [0.25, 0.3) is 0 Å². The third kappa shape index (κ3) is 5.01. The Hall–Kier alpha value is -2.84. The van der Waals surface area contributed by atoms with E-state index in [0.29, 0.717) is 39.1 Å². The number of aromatic amines is 1. The zero-order valence-corrected chi connectivity index (χ0v) is 18.3. The molecular formula is C21H21ClN2O5S. The lowest BCUT2D eigenvalue weighted by Crippen LogP contribution is -2.15. The maximum Gasteiger partial charge on any atom is 0.234 e. The number of fused-ring (bicyclic) bond motifs is 1. The fraction of sp³-hybridized carbons (Fsp3) is 0.238. The zero-order valence-electron chi connectivity index (χ0n) is 16.7. The van der Waals surface area contributed by atoms with Crippen molar-refractivity contribution in [3.8, 4) is 17.2 Å². The molecule has 0 saturated heterocycles. The van der Waals surface area contributed by atoms with Crippen LogP contribution in [0.3, 0.4) is 0 Å². The Labute approximate surface area is 182 Å². The molecule has 1 aromatic heterocycles. The van der Waals surface area contributed by atoms with Gasteiger partial charge in [-0.25, -0.2) is 0 Å². The Bertz CT molecular complexity index is 1130. The average Bonchev–Trinajstić information content (AvgIpc) is 2.74. The largest absolute Gasteiger partial charge is 0.497 e. The molecule has 0 aliphatic heterocycles. The highest BCUT2D eigenvalue weighted by atomic mass is 35.5. The molecule has 0 atom stereocenters. The topological polar surface area (TPSA) is 89.7 Å². The summed E-state index contributed by atoms with van der Waals surface area (Å²) in [6.45, 7) is 0. The standard InChI is InChI=1S/C21H21ClN2O5S/c1-27-13-4-5-16-14(7-13)18(25)6-12(23-16)10-30-11-21(26)24-17-8-15(22)19(28-2)9-20(17)29-3/h4-9H,10-11H2,1-3H3,(H,23,25)(H,24,26). The highest BCUT2D eigenvalue weighted by Gasteiger charge is 2.13. The van der Waals surface area contributed by atoms with Crippen molar-refractivity contribution in [2.45, 2.75) is 5.75 Å². The number of nitrogens with one attached hydrogen (secondary N) is 2. The van der Waals surface area contributed by atoms with Gasteiger partial charge in [-0.1, -0.05) is 11.6 Å². The fourth-order valence-corrected chi connectivity index (χ4v) is 3.86. The first-order valence-corrected chi connectivity index (χ1v) is 10.5. The molecule has 0 saturated carbocycles. The molecule has 0 spiro atoms. The number of amides is 1. The van der Waals surface area contributed by atoms with Gasteiger partial charge < -0.3 is 24.5 Å². The Morgan fingerprint density at radius 2 is 1.83 bits per heavy atom. The summed E-state index contributed by atoms with van der Waals surface area (Å²) < 4.78 is 15.6. The molecule has 3 aromatic rings. The smallest absolute Gasteiger partial charge is 0.234 e. The Balaban J connectivity index is 1.63. The summed E-state index contributed by atoms with van der Waals surface area (Å²) in [7, 11) is 4.56. The number of anilines is 1. The summed E-state index contributed by atoms with van der Waals surface area (Å²) in [6, 6.07) is 10.0. The Morgan fingerprint density at radius 3 is 2.53 bits per heavy atom. The second kappa shape index (κ2) is 9.77. The van der Waals surface area contributed by atoms with Gasteiger partial charge in [-0.2, -0.15) is 0 Å². The highest BCUT2D eigenvalue weighted by molar-refractivity contribution is 7.99. The van der Waals surface area contributed by atoms with Crippen molar-refractivity contribution in [3.05, 3.63) is 57.3 Å². The summed E-state index contributed by atoms with van der Waals surface area (Å²) in [4.78, 5) is 27.9. The molecule has 30 heavy (non-hydrogen) atoms. The number of hydrogen-bond acceptors (Lipinski definition) is 6. The van der Waals surface area contributed by atoms with Crippen molar-refractivity contribution < 1.29 is 19.0 Å². The highest BCUT2D eigenvalue weighted by Crippen LogP contribution is 2.36. The third-order valence-electron chi connectivity index (χ3n) is 4.33. The van der Waals surface area contributed by atoms with Crippen molar-refractivity contribution >= 4 is 45.9 Å². The number of aromatic nitrogens is 1. The summed E-state index contributed by atoms with van der Waals surface area (Å²) in [5.74, 6) is 1.98. The van der Waals surface area contributed by atoms with Crippen molar-refractivity contribution in [1.29, 1.82) is 0 Å². The van der Waals surface area contributed by atoms with Crippen molar-refractivity contribution in [2.24, 2.45) is 0 Å². The number of thioether (sulfide) groups is 1. The van der Waals surface area contributed by atoms with Crippen LogP contribution >= 0.6 is 23.4 Å². The lowest BCUT2D eigenvalue weighted by atomic mass is 10.2. The van der Waals surface area contributed by atoms with Gasteiger partial charge in [0, 0.05) is 34.5 Å². The van der Waals surface area contributed by atoms with Gasteiger partial charge in [-0.15, -0.1) is 11.8 Å². The summed E-state index contributed by atoms with van der Waals surface area (Å²) in [5.41, 5.74) is 1.82. The third-order valence-corrected chi connectivity index (χ3v) is 5.61. The minimum Gasteiger partial charge on any atom is -0.497 e. The van der Waals surface area contributed by atoms with Gasteiger partial charge in [0.15, 0.2) is 5.43 Å². The van der Waals surface area contributed by atoms with E-state index in [9.17, 15) is 9.59 Å². The van der Waals surface area contributed by atoms with E-state index in [2.05, 4.69) is 10.3 Å². The molecule has 1 amide bonds. The van der Waals surface area contributed by atoms with E-state index in [-0.39, 0.29) is 17.1 Å². The molecule has 1 heterocycles. The molecule has 2 N–H and O–H groups in total. The number of halogens is 1. The van der Waals surface area contributed by atoms with Crippen LogP contribution in [0.2, 0.25) is 5.02 Å². The molecule has 0 aliphatic carbocycles. The van der Waals surface area contributed by atoms with Crippen LogP contribution in [0.15, 0.2) is 41.2 Å². The molecule has 0 bridgehead atoms. The lowest BCUT2D eigenvalue weighted by molar-refractivity contribution is -0.113. The normalized spacial score (nSPS) is 10.7. The predicted octanol–water partition coefficient (Wildman–Crippen LogP) is 4.08. The lowest BCUT2D eigenvalue weighted by Gasteiger charge is -2.13. The minimum absolute atomic E-state index is 0.0969. The number of rotatable bonds is 8. The van der Waals surface area contributed by atoms with Crippen molar-refractivity contribution in [3.63, 3.8) is 0 Å². The SMILES string of the molecule is COc1ccc2[nH]c(CSCC(=O)Nc3cc(Cl)c(OC)cc3OC)cc(=O)c2c1. The number of H-pyrrole nitrogens is 1. The maximum absolute atomic E-state index is 12.4. The van der Waals surface area contributed by atoms with E-state index in [1.165, 1.54) is 26.0 Å². The molecule has 9 heteroatoms.